The lowest BCUT2D eigenvalue weighted by molar-refractivity contribution is 0.0923. The number of benzene rings is 3. The Morgan fingerprint density at radius 1 is 0.933 bits per heavy atom. The van der Waals surface area contributed by atoms with Crippen molar-refractivity contribution in [3.8, 4) is 17.6 Å². The number of phenols is 1. The summed E-state index contributed by atoms with van der Waals surface area (Å²) in [7, 11) is -3.31. The third-order valence-electron chi connectivity index (χ3n) is 7.23. The molecule has 0 heterocycles. The van der Waals surface area contributed by atoms with Crippen molar-refractivity contribution in [1.29, 1.82) is 0 Å². The van der Waals surface area contributed by atoms with E-state index in [2.05, 4.69) is 33.6 Å². The van der Waals surface area contributed by atoms with Crippen LogP contribution in [-0.4, -0.2) is 61.4 Å². The zero-order valence-electron chi connectivity index (χ0n) is 26.2. The molecule has 0 aromatic heterocycles. The van der Waals surface area contributed by atoms with Crippen LogP contribution in [0.25, 0.3) is 0 Å². The van der Waals surface area contributed by atoms with Crippen LogP contribution in [0.15, 0.2) is 72.8 Å². The lowest BCUT2D eigenvalue weighted by Crippen LogP contribution is -2.30. The zero-order chi connectivity index (χ0) is 32.3. The average Bonchev–Trinajstić information content (AvgIpc) is 3.03. The van der Waals surface area contributed by atoms with Gasteiger partial charge in [0.1, 0.15) is 5.75 Å². The molecule has 45 heavy (non-hydrogen) atoms. The predicted molar refractivity (Wildman–Crippen MR) is 180 cm³/mol. The Kier molecular flexibility index (Phi) is 15.6. The topological polar surface area (TPSA) is 116 Å². The van der Waals surface area contributed by atoms with Crippen LogP contribution in [-0.2, 0) is 27.9 Å². The van der Waals surface area contributed by atoms with Gasteiger partial charge in [-0.1, -0.05) is 68.4 Å². The molecule has 3 rings (SSSR count). The van der Waals surface area contributed by atoms with Crippen LogP contribution in [0.2, 0.25) is 0 Å². The van der Waals surface area contributed by atoms with Gasteiger partial charge >= 0.3 is 0 Å². The summed E-state index contributed by atoms with van der Waals surface area (Å²) in [6, 6.07) is 21.8. The molecule has 0 bridgehead atoms. The Morgan fingerprint density at radius 2 is 1.69 bits per heavy atom. The van der Waals surface area contributed by atoms with Gasteiger partial charge in [0.2, 0.25) is 10.0 Å². The first-order chi connectivity index (χ1) is 21.8. The Balaban J connectivity index is 1.33. The van der Waals surface area contributed by atoms with E-state index in [9.17, 15) is 23.4 Å². The predicted octanol–water partition coefficient (Wildman–Crippen LogP) is 6.13. The number of rotatable bonds is 20. The third-order valence-corrected chi connectivity index (χ3v) is 8.60. The first-order valence-corrected chi connectivity index (χ1v) is 17.3. The fraction of sp³-hybridized carbons (Fsp3) is 0.417. The summed E-state index contributed by atoms with van der Waals surface area (Å²) in [4.78, 5) is 15.2. The van der Waals surface area contributed by atoms with Crippen LogP contribution in [0.4, 0.5) is 5.69 Å². The first kappa shape index (κ1) is 35.8. The third kappa shape index (κ3) is 13.9. The number of nitrogens with zero attached hydrogens (tertiary/aromatic N) is 1. The molecular weight excluding hydrogens is 588 g/mol. The monoisotopic (exact) mass is 634 g/mol. The zero-order valence-corrected chi connectivity index (χ0v) is 27.0. The standard InChI is InChI=1S/C36H46N2O6S/c1-2-3-25-45(42,43)37-34-19-16-30(17-20-34)13-9-12-24-44-23-11-5-4-10-22-38(27-31-14-7-6-8-15-31)28-36(41)32-18-21-35(40)33(26-32)29-39/h6-8,14-21,26,37,39-40H,2-5,10-12,22-25,27-29H2,1H3. The average molecular weight is 635 g/mol. The maximum absolute atomic E-state index is 13.0. The number of anilines is 1. The molecule has 3 N–H and O–H groups in total. The molecule has 0 aliphatic rings. The molecule has 0 radical (unpaired) electrons. The summed E-state index contributed by atoms with van der Waals surface area (Å²) in [5.41, 5.74) is 3.35. The van der Waals surface area contributed by atoms with Crippen molar-refractivity contribution in [3.05, 3.63) is 95.1 Å². The van der Waals surface area contributed by atoms with E-state index in [4.69, 9.17) is 4.74 Å². The van der Waals surface area contributed by atoms with E-state index >= 15 is 0 Å². The highest BCUT2D eigenvalue weighted by atomic mass is 32.2. The van der Waals surface area contributed by atoms with Crippen LogP contribution in [0.3, 0.4) is 0 Å². The van der Waals surface area contributed by atoms with Crippen LogP contribution >= 0.6 is 0 Å². The van der Waals surface area contributed by atoms with Gasteiger partial charge in [0.15, 0.2) is 5.78 Å². The molecule has 0 unspecified atom stereocenters. The largest absolute Gasteiger partial charge is 0.508 e. The number of hydrogen-bond acceptors (Lipinski definition) is 7. The Hall–Kier alpha value is -3.68. The maximum atomic E-state index is 13.0. The summed E-state index contributed by atoms with van der Waals surface area (Å²) in [6.45, 7) is 4.59. The molecule has 0 spiro atoms. The highest BCUT2D eigenvalue weighted by molar-refractivity contribution is 7.92. The van der Waals surface area contributed by atoms with Gasteiger partial charge in [0, 0.05) is 42.0 Å². The van der Waals surface area contributed by atoms with Gasteiger partial charge in [0.25, 0.3) is 0 Å². The molecule has 0 saturated carbocycles. The Labute approximate surface area is 268 Å². The number of nitrogens with one attached hydrogen (secondary N) is 1. The van der Waals surface area contributed by atoms with E-state index < -0.39 is 10.0 Å². The van der Waals surface area contributed by atoms with E-state index in [0.717, 1.165) is 49.8 Å². The van der Waals surface area contributed by atoms with Crippen LogP contribution in [0.1, 0.15) is 78.9 Å². The second-order valence-corrected chi connectivity index (χ2v) is 12.9. The molecule has 3 aromatic rings. The van der Waals surface area contributed by atoms with Crippen molar-refractivity contribution >= 4 is 21.5 Å². The van der Waals surface area contributed by atoms with Crippen LogP contribution in [0.5, 0.6) is 5.75 Å². The number of ketones is 1. The summed E-state index contributed by atoms with van der Waals surface area (Å²) in [5.74, 6) is 6.26. The fourth-order valence-electron chi connectivity index (χ4n) is 4.71. The minimum Gasteiger partial charge on any atom is -0.508 e. The van der Waals surface area contributed by atoms with Crippen LogP contribution in [0, 0.1) is 11.8 Å². The summed E-state index contributed by atoms with van der Waals surface area (Å²) in [5, 5.41) is 19.3. The molecule has 3 aromatic carbocycles. The molecule has 8 nitrogen and oxygen atoms in total. The minimum atomic E-state index is -3.31. The lowest BCUT2D eigenvalue weighted by Gasteiger charge is -2.22. The molecular formula is C36H46N2O6S. The van der Waals surface area contributed by atoms with Gasteiger partial charge in [-0.05, 0) is 73.8 Å². The second kappa shape index (κ2) is 19.7. The van der Waals surface area contributed by atoms with E-state index in [1.54, 1.807) is 24.3 Å². The number of carbonyl (C=O) groups is 1. The van der Waals surface area contributed by atoms with Crippen molar-refractivity contribution in [2.75, 3.05) is 36.8 Å². The van der Waals surface area contributed by atoms with Gasteiger partial charge < -0.3 is 14.9 Å². The quantitative estimate of drug-likeness (QED) is 0.0778. The number of Topliss-reactive ketones (excluding diaryl/α,β-unsaturated/α-hetero) is 1. The molecule has 9 heteroatoms. The summed E-state index contributed by atoms with van der Waals surface area (Å²) >= 11 is 0. The van der Waals surface area contributed by atoms with Gasteiger partial charge in [0.05, 0.1) is 25.5 Å². The molecule has 0 amide bonds. The molecule has 0 aliphatic heterocycles. The number of unbranched alkanes of at least 4 members (excludes halogenated alkanes) is 4. The molecule has 0 saturated heterocycles. The van der Waals surface area contributed by atoms with E-state index in [1.165, 1.54) is 6.07 Å². The number of carbonyl (C=O) groups excluding carboxylic acids is 1. The van der Waals surface area contributed by atoms with Crippen molar-refractivity contribution in [2.45, 2.75) is 65.0 Å². The number of ether oxygens (including phenoxy) is 1. The maximum Gasteiger partial charge on any atom is 0.232 e. The van der Waals surface area contributed by atoms with Crippen molar-refractivity contribution in [2.24, 2.45) is 0 Å². The highest BCUT2D eigenvalue weighted by Crippen LogP contribution is 2.19. The number of aromatic hydroxyl groups is 1. The highest BCUT2D eigenvalue weighted by Gasteiger charge is 2.15. The second-order valence-electron chi connectivity index (χ2n) is 11.1. The first-order valence-electron chi connectivity index (χ1n) is 15.7. The number of sulfonamides is 1. The SMILES string of the molecule is CCCCS(=O)(=O)Nc1ccc(C#CCCOCCCCCCN(CC(=O)c2ccc(O)c(CO)c2)Cc2ccccc2)cc1. The number of aliphatic hydroxyl groups is 1. The van der Waals surface area contributed by atoms with Crippen molar-refractivity contribution in [3.63, 3.8) is 0 Å². The lowest BCUT2D eigenvalue weighted by atomic mass is 10.1. The van der Waals surface area contributed by atoms with Gasteiger partial charge in [-0.15, -0.1) is 0 Å². The van der Waals surface area contributed by atoms with Gasteiger partial charge in [-0.3, -0.25) is 14.4 Å². The number of aliphatic hydroxyl groups excluding tert-OH is 1. The minimum absolute atomic E-state index is 0.0124. The van der Waals surface area contributed by atoms with Gasteiger partial charge in [-0.2, -0.15) is 0 Å². The smallest absolute Gasteiger partial charge is 0.232 e. The van der Waals surface area contributed by atoms with E-state index in [0.29, 0.717) is 49.4 Å². The molecule has 242 valence electrons. The molecule has 0 fully saturated rings. The van der Waals surface area contributed by atoms with Gasteiger partial charge in [-0.25, -0.2) is 8.42 Å². The van der Waals surface area contributed by atoms with Crippen LogP contribution < -0.4 is 4.72 Å². The fourth-order valence-corrected chi connectivity index (χ4v) is 5.97. The van der Waals surface area contributed by atoms with E-state index in [-0.39, 0.29) is 30.4 Å². The Bertz CT molecular complexity index is 1480. The summed E-state index contributed by atoms with van der Waals surface area (Å²) < 4.78 is 32.4. The van der Waals surface area contributed by atoms with E-state index in [1.807, 2.05) is 37.3 Å². The Morgan fingerprint density at radius 3 is 2.42 bits per heavy atom. The number of hydrogen-bond donors (Lipinski definition) is 3. The van der Waals surface area contributed by atoms with Crippen molar-refractivity contribution in [1.82, 2.24) is 4.90 Å². The summed E-state index contributed by atoms with van der Waals surface area (Å²) in [6.07, 6.45) is 6.06. The molecule has 0 atom stereocenters. The molecule has 0 aliphatic carbocycles. The normalized spacial score (nSPS) is 11.3. The van der Waals surface area contributed by atoms with Crippen molar-refractivity contribution < 1.29 is 28.2 Å².